The van der Waals surface area contributed by atoms with E-state index in [4.69, 9.17) is 9.47 Å². The van der Waals surface area contributed by atoms with Gasteiger partial charge in [0.1, 0.15) is 5.75 Å². The average Bonchev–Trinajstić information content (AvgIpc) is 3.28. The zero-order valence-electron chi connectivity index (χ0n) is 12.9. The van der Waals surface area contributed by atoms with Crippen LogP contribution in [0.25, 0.3) is 0 Å². The van der Waals surface area contributed by atoms with Crippen molar-refractivity contribution < 1.29 is 14.3 Å². The number of carbonyl (C=O) groups is 1. The number of esters is 1. The Morgan fingerprint density at radius 2 is 2.24 bits per heavy atom. The summed E-state index contributed by atoms with van der Waals surface area (Å²) in [7, 11) is 0. The lowest BCUT2D eigenvalue weighted by molar-refractivity contribution is -0.146. The van der Waals surface area contributed by atoms with Gasteiger partial charge in [-0.1, -0.05) is 13.3 Å². The molecule has 1 aliphatic carbocycles. The molecule has 0 atom stereocenters. The van der Waals surface area contributed by atoms with E-state index >= 15 is 0 Å². The number of nitrogens with one attached hydrogen (secondary N) is 1. The van der Waals surface area contributed by atoms with Gasteiger partial charge in [0.15, 0.2) is 6.61 Å². The van der Waals surface area contributed by atoms with Gasteiger partial charge in [-0.3, -0.25) is 4.98 Å². The second-order valence-corrected chi connectivity index (χ2v) is 5.42. The Morgan fingerprint density at radius 1 is 1.43 bits per heavy atom. The molecular formula is C16H24N2O3. The predicted octanol–water partition coefficient (Wildman–Crippen LogP) is 2.36. The van der Waals surface area contributed by atoms with Crippen molar-refractivity contribution in [3.05, 3.63) is 23.5 Å². The summed E-state index contributed by atoms with van der Waals surface area (Å²) in [6, 6.07) is 4.36. The topological polar surface area (TPSA) is 60.5 Å². The lowest BCUT2D eigenvalue weighted by atomic mass is 10.3. The molecule has 1 fully saturated rings. The number of unbranched alkanes of at least 4 members (excludes halogenated alkanes) is 1. The molecule has 2 rings (SSSR count). The van der Waals surface area contributed by atoms with E-state index in [9.17, 15) is 4.79 Å². The second kappa shape index (κ2) is 7.98. The largest absolute Gasteiger partial charge is 0.480 e. The molecule has 1 saturated carbocycles. The molecule has 5 nitrogen and oxygen atoms in total. The van der Waals surface area contributed by atoms with Crippen molar-refractivity contribution >= 4 is 5.97 Å². The Kier molecular flexibility index (Phi) is 5.99. The summed E-state index contributed by atoms with van der Waals surface area (Å²) in [6.07, 6.45) is 4.35. The molecule has 5 heteroatoms. The third-order valence-corrected chi connectivity index (χ3v) is 3.31. The van der Waals surface area contributed by atoms with Gasteiger partial charge in [-0.2, -0.15) is 0 Å². The first kappa shape index (κ1) is 15.8. The summed E-state index contributed by atoms with van der Waals surface area (Å²) >= 11 is 0. The highest BCUT2D eigenvalue weighted by molar-refractivity contribution is 5.71. The molecule has 1 aromatic heterocycles. The Morgan fingerprint density at radius 3 is 2.95 bits per heavy atom. The second-order valence-electron chi connectivity index (χ2n) is 5.42. The van der Waals surface area contributed by atoms with Crippen LogP contribution < -0.4 is 10.1 Å². The summed E-state index contributed by atoms with van der Waals surface area (Å²) < 4.78 is 10.6. The third-order valence-electron chi connectivity index (χ3n) is 3.31. The highest BCUT2D eigenvalue weighted by Crippen LogP contribution is 2.22. The van der Waals surface area contributed by atoms with E-state index in [1.807, 2.05) is 19.1 Å². The SMILES string of the molecule is CCCCOC(=O)COc1ccc(C)nc1CNC1CC1. The fourth-order valence-electron chi connectivity index (χ4n) is 1.89. The number of nitrogens with zero attached hydrogens (tertiary/aromatic N) is 1. The van der Waals surface area contributed by atoms with Crippen molar-refractivity contribution in [1.82, 2.24) is 10.3 Å². The van der Waals surface area contributed by atoms with Crippen molar-refractivity contribution in [1.29, 1.82) is 0 Å². The number of rotatable bonds is 9. The van der Waals surface area contributed by atoms with Gasteiger partial charge in [0.25, 0.3) is 0 Å². The monoisotopic (exact) mass is 292 g/mol. The first-order chi connectivity index (χ1) is 10.2. The smallest absolute Gasteiger partial charge is 0.344 e. The Bertz CT molecular complexity index is 473. The molecule has 1 aliphatic rings. The minimum Gasteiger partial charge on any atom is -0.480 e. The Hall–Kier alpha value is -1.62. The van der Waals surface area contributed by atoms with Crippen molar-refractivity contribution in [3.8, 4) is 5.75 Å². The van der Waals surface area contributed by atoms with Gasteiger partial charge in [0.05, 0.1) is 12.3 Å². The van der Waals surface area contributed by atoms with E-state index in [0.717, 1.165) is 24.2 Å². The Labute approximate surface area is 126 Å². The minimum absolute atomic E-state index is 0.0646. The highest BCUT2D eigenvalue weighted by Gasteiger charge is 2.21. The van der Waals surface area contributed by atoms with Crippen molar-refractivity contribution in [2.24, 2.45) is 0 Å². The van der Waals surface area contributed by atoms with Gasteiger partial charge in [-0.05, 0) is 38.3 Å². The normalized spacial score (nSPS) is 14.0. The summed E-state index contributed by atoms with van der Waals surface area (Å²) in [4.78, 5) is 16.0. The van der Waals surface area contributed by atoms with Crippen LogP contribution in [0.2, 0.25) is 0 Å². The molecule has 0 spiro atoms. The summed E-state index contributed by atoms with van der Waals surface area (Å²) in [5.41, 5.74) is 1.80. The molecule has 1 aromatic rings. The van der Waals surface area contributed by atoms with Crippen LogP contribution in [0.3, 0.4) is 0 Å². The van der Waals surface area contributed by atoms with E-state index in [1.165, 1.54) is 12.8 Å². The van der Waals surface area contributed by atoms with Crippen molar-refractivity contribution in [2.45, 2.75) is 52.1 Å². The van der Waals surface area contributed by atoms with Crippen LogP contribution >= 0.6 is 0 Å². The van der Waals surface area contributed by atoms with Gasteiger partial charge in [0, 0.05) is 18.3 Å². The fourth-order valence-corrected chi connectivity index (χ4v) is 1.89. The molecule has 1 N–H and O–H groups in total. The van der Waals surface area contributed by atoms with Gasteiger partial charge in [-0.15, -0.1) is 0 Å². The lowest BCUT2D eigenvalue weighted by Gasteiger charge is -2.12. The van der Waals surface area contributed by atoms with Crippen LogP contribution in [0.5, 0.6) is 5.75 Å². The van der Waals surface area contributed by atoms with Crippen molar-refractivity contribution in [2.75, 3.05) is 13.2 Å². The maximum Gasteiger partial charge on any atom is 0.344 e. The van der Waals surface area contributed by atoms with Crippen LogP contribution in [0.15, 0.2) is 12.1 Å². The zero-order valence-corrected chi connectivity index (χ0v) is 12.9. The number of hydrogen-bond acceptors (Lipinski definition) is 5. The van der Waals surface area contributed by atoms with E-state index in [0.29, 0.717) is 24.9 Å². The molecule has 0 aromatic carbocycles. The summed E-state index contributed by atoms with van der Waals surface area (Å²) in [6.45, 7) is 5.07. The van der Waals surface area contributed by atoms with Gasteiger partial charge in [0.2, 0.25) is 0 Å². The van der Waals surface area contributed by atoms with E-state index < -0.39 is 0 Å². The van der Waals surface area contributed by atoms with Crippen molar-refractivity contribution in [3.63, 3.8) is 0 Å². The first-order valence-electron chi connectivity index (χ1n) is 7.67. The van der Waals surface area contributed by atoms with Crippen LogP contribution in [-0.2, 0) is 16.1 Å². The molecule has 0 saturated heterocycles. The Balaban J connectivity index is 1.84. The molecule has 0 radical (unpaired) electrons. The van der Waals surface area contributed by atoms with Gasteiger partial charge < -0.3 is 14.8 Å². The molecule has 1 heterocycles. The predicted molar refractivity (Wildman–Crippen MR) is 80.2 cm³/mol. The maximum absolute atomic E-state index is 11.6. The number of ether oxygens (including phenoxy) is 2. The van der Waals surface area contributed by atoms with E-state index in [1.54, 1.807) is 0 Å². The summed E-state index contributed by atoms with van der Waals surface area (Å²) in [5, 5.41) is 3.41. The zero-order chi connectivity index (χ0) is 15.1. The van der Waals surface area contributed by atoms with Gasteiger partial charge >= 0.3 is 5.97 Å². The molecule has 21 heavy (non-hydrogen) atoms. The quantitative estimate of drug-likeness (QED) is 0.559. The van der Waals surface area contributed by atoms with E-state index in [2.05, 4.69) is 17.2 Å². The minimum atomic E-state index is -0.329. The number of aromatic nitrogens is 1. The van der Waals surface area contributed by atoms with Crippen LogP contribution in [0.1, 0.15) is 44.0 Å². The number of hydrogen-bond donors (Lipinski definition) is 1. The van der Waals surface area contributed by atoms with E-state index in [-0.39, 0.29) is 12.6 Å². The fraction of sp³-hybridized carbons (Fsp3) is 0.625. The number of carbonyl (C=O) groups excluding carboxylic acids is 1. The number of aryl methyl sites for hydroxylation is 1. The molecule has 0 bridgehead atoms. The average molecular weight is 292 g/mol. The molecule has 0 amide bonds. The molecule has 116 valence electrons. The molecule has 0 unspecified atom stereocenters. The van der Waals surface area contributed by atoms with Gasteiger partial charge in [-0.25, -0.2) is 4.79 Å². The standard InChI is InChI=1S/C16H24N2O3/c1-3-4-9-20-16(19)11-21-15-8-5-12(2)18-14(15)10-17-13-6-7-13/h5,8,13,17H,3-4,6-7,9-11H2,1-2H3. The maximum atomic E-state index is 11.6. The molecular weight excluding hydrogens is 268 g/mol. The lowest BCUT2D eigenvalue weighted by Crippen LogP contribution is -2.19. The summed E-state index contributed by atoms with van der Waals surface area (Å²) in [5.74, 6) is 0.325. The van der Waals surface area contributed by atoms with Crippen LogP contribution in [-0.4, -0.2) is 30.2 Å². The molecule has 0 aliphatic heterocycles. The third kappa shape index (κ3) is 5.71. The van der Waals surface area contributed by atoms with Crippen LogP contribution in [0.4, 0.5) is 0 Å². The van der Waals surface area contributed by atoms with Crippen LogP contribution in [0, 0.1) is 6.92 Å². The first-order valence-corrected chi connectivity index (χ1v) is 7.67. The highest BCUT2D eigenvalue weighted by atomic mass is 16.6. The number of pyridine rings is 1.